The molecule has 0 spiro atoms. The second-order valence-electron chi connectivity index (χ2n) is 3.50. The monoisotopic (exact) mass is 335 g/mol. The summed E-state index contributed by atoms with van der Waals surface area (Å²) in [5, 5.41) is 20.1. The third-order valence-corrected chi connectivity index (χ3v) is 3.02. The number of halogens is 2. The standard InChI is InChI=1S/C11H11BrClNO4/c12-6-1-2-8(13)7(5-6)10(16)14-9(3-4-15)11(17)18/h1-2,5,9,15H,3-4H2,(H,14,16)(H,17,18)/t9-/m0/s1. The van der Waals surface area contributed by atoms with Crippen LogP contribution in [0.15, 0.2) is 22.7 Å². The minimum absolute atomic E-state index is 0.0628. The fourth-order valence-corrected chi connectivity index (χ4v) is 1.86. The van der Waals surface area contributed by atoms with Crippen molar-refractivity contribution >= 4 is 39.4 Å². The Balaban J connectivity index is 2.86. The van der Waals surface area contributed by atoms with Crippen LogP contribution in [0, 0.1) is 0 Å². The minimum atomic E-state index is -1.21. The molecule has 0 aliphatic carbocycles. The number of carbonyl (C=O) groups is 2. The Bertz CT molecular complexity index is 466. The maximum Gasteiger partial charge on any atom is 0.326 e. The lowest BCUT2D eigenvalue weighted by atomic mass is 10.1. The van der Waals surface area contributed by atoms with Gasteiger partial charge in [0.15, 0.2) is 0 Å². The average Bonchev–Trinajstić information content (AvgIpc) is 2.31. The molecule has 0 aromatic heterocycles. The summed E-state index contributed by atoms with van der Waals surface area (Å²) >= 11 is 9.05. The van der Waals surface area contributed by atoms with Crippen LogP contribution >= 0.6 is 27.5 Å². The van der Waals surface area contributed by atoms with Crippen LogP contribution < -0.4 is 5.32 Å². The van der Waals surface area contributed by atoms with Crippen molar-refractivity contribution in [1.82, 2.24) is 5.32 Å². The van der Waals surface area contributed by atoms with Crippen molar-refractivity contribution in [1.29, 1.82) is 0 Å². The number of benzene rings is 1. The molecule has 5 nitrogen and oxygen atoms in total. The van der Waals surface area contributed by atoms with E-state index in [2.05, 4.69) is 21.2 Å². The van der Waals surface area contributed by atoms with Gasteiger partial charge in [-0.25, -0.2) is 4.79 Å². The van der Waals surface area contributed by atoms with Crippen molar-refractivity contribution in [3.63, 3.8) is 0 Å². The quantitative estimate of drug-likeness (QED) is 0.763. The summed E-state index contributed by atoms with van der Waals surface area (Å²) < 4.78 is 0.658. The highest BCUT2D eigenvalue weighted by atomic mass is 79.9. The highest BCUT2D eigenvalue weighted by Gasteiger charge is 2.21. The average molecular weight is 337 g/mol. The summed E-state index contributed by atoms with van der Waals surface area (Å²) in [7, 11) is 0. The van der Waals surface area contributed by atoms with Crippen LogP contribution in [0.2, 0.25) is 5.02 Å². The van der Waals surface area contributed by atoms with Gasteiger partial charge in [-0.05, 0) is 18.2 Å². The van der Waals surface area contributed by atoms with Crippen LogP contribution in [0.5, 0.6) is 0 Å². The van der Waals surface area contributed by atoms with E-state index in [1.165, 1.54) is 12.1 Å². The fraction of sp³-hybridized carbons (Fsp3) is 0.273. The maximum atomic E-state index is 11.8. The molecule has 1 aromatic carbocycles. The lowest BCUT2D eigenvalue weighted by Crippen LogP contribution is -2.41. The molecule has 0 bridgehead atoms. The number of aliphatic carboxylic acids is 1. The lowest BCUT2D eigenvalue weighted by Gasteiger charge is -2.13. The topological polar surface area (TPSA) is 86.6 Å². The Hall–Kier alpha value is -1.11. The zero-order chi connectivity index (χ0) is 13.7. The first kappa shape index (κ1) is 14.9. The molecule has 18 heavy (non-hydrogen) atoms. The SMILES string of the molecule is O=C(N[C@@H](CCO)C(=O)O)c1cc(Br)ccc1Cl. The highest BCUT2D eigenvalue weighted by Crippen LogP contribution is 2.21. The molecule has 0 aliphatic rings. The van der Waals surface area contributed by atoms with Gasteiger partial charge in [0.05, 0.1) is 10.6 Å². The van der Waals surface area contributed by atoms with E-state index in [0.29, 0.717) is 4.47 Å². The Labute approximate surface area is 117 Å². The summed E-state index contributed by atoms with van der Waals surface area (Å²) in [6.45, 7) is -0.330. The van der Waals surface area contributed by atoms with Crippen LogP contribution in [0.3, 0.4) is 0 Å². The van der Waals surface area contributed by atoms with Gasteiger partial charge in [0.2, 0.25) is 0 Å². The normalized spacial score (nSPS) is 11.9. The van der Waals surface area contributed by atoms with Gasteiger partial charge in [0.1, 0.15) is 6.04 Å². The molecule has 1 amide bonds. The molecule has 0 saturated carbocycles. The summed E-state index contributed by atoms with van der Waals surface area (Å²) in [6.07, 6.45) is -0.0628. The molecule has 1 rings (SSSR count). The van der Waals surface area contributed by atoms with Gasteiger partial charge in [0.25, 0.3) is 5.91 Å². The Kier molecular flexibility index (Phi) is 5.58. The minimum Gasteiger partial charge on any atom is -0.480 e. The number of nitrogens with one attached hydrogen (secondary N) is 1. The second-order valence-corrected chi connectivity index (χ2v) is 4.82. The number of hydrogen-bond acceptors (Lipinski definition) is 3. The highest BCUT2D eigenvalue weighted by molar-refractivity contribution is 9.10. The van der Waals surface area contributed by atoms with Crippen LogP contribution in [0.25, 0.3) is 0 Å². The molecule has 0 unspecified atom stereocenters. The molecule has 0 heterocycles. The van der Waals surface area contributed by atoms with E-state index in [-0.39, 0.29) is 23.6 Å². The van der Waals surface area contributed by atoms with E-state index in [4.69, 9.17) is 21.8 Å². The smallest absolute Gasteiger partial charge is 0.326 e. The summed E-state index contributed by atoms with van der Waals surface area (Å²) in [5.41, 5.74) is 0.176. The van der Waals surface area contributed by atoms with Crippen molar-refractivity contribution in [3.05, 3.63) is 33.3 Å². The van der Waals surface area contributed by atoms with Gasteiger partial charge < -0.3 is 15.5 Å². The number of carboxylic acid groups (broad SMARTS) is 1. The number of rotatable bonds is 5. The molecule has 1 aromatic rings. The van der Waals surface area contributed by atoms with Crippen molar-refractivity contribution in [2.24, 2.45) is 0 Å². The van der Waals surface area contributed by atoms with Crippen molar-refractivity contribution in [2.75, 3.05) is 6.61 Å². The first-order valence-corrected chi connectivity index (χ1v) is 6.22. The van der Waals surface area contributed by atoms with Gasteiger partial charge in [-0.2, -0.15) is 0 Å². The van der Waals surface area contributed by atoms with E-state index in [1.807, 2.05) is 0 Å². The molecule has 0 fully saturated rings. The molecular weight excluding hydrogens is 325 g/mol. The van der Waals surface area contributed by atoms with Crippen molar-refractivity contribution in [2.45, 2.75) is 12.5 Å². The largest absolute Gasteiger partial charge is 0.480 e. The molecule has 0 aliphatic heterocycles. The van der Waals surface area contributed by atoms with Crippen LogP contribution in [0.4, 0.5) is 0 Å². The number of aliphatic hydroxyl groups excluding tert-OH is 1. The van der Waals surface area contributed by atoms with Crippen molar-refractivity contribution in [3.8, 4) is 0 Å². The number of carbonyl (C=O) groups excluding carboxylic acids is 1. The van der Waals surface area contributed by atoms with E-state index in [0.717, 1.165) is 0 Å². The van der Waals surface area contributed by atoms with Gasteiger partial charge in [-0.1, -0.05) is 27.5 Å². The van der Waals surface area contributed by atoms with Crippen LogP contribution in [-0.4, -0.2) is 34.7 Å². The molecule has 0 radical (unpaired) electrons. The predicted molar refractivity (Wildman–Crippen MR) is 69.7 cm³/mol. The first-order valence-electron chi connectivity index (χ1n) is 5.05. The summed E-state index contributed by atoms with van der Waals surface area (Å²) in [4.78, 5) is 22.7. The summed E-state index contributed by atoms with van der Waals surface area (Å²) in [6, 6.07) is 3.55. The summed E-state index contributed by atoms with van der Waals surface area (Å²) in [5.74, 6) is -1.80. The molecule has 7 heteroatoms. The molecule has 0 saturated heterocycles. The van der Waals surface area contributed by atoms with Crippen LogP contribution in [0.1, 0.15) is 16.8 Å². The molecule has 1 atom stereocenters. The Morgan fingerprint density at radius 3 is 2.67 bits per heavy atom. The zero-order valence-corrected chi connectivity index (χ0v) is 11.5. The Morgan fingerprint density at radius 1 is 1.44 bits per heavy atom. The number of carboxylic acids is 1. The first-order chi connectivity index (χ1) is 8.45. The van der Waals surface area contributed by atoms with Crippen LogP contribution in [-0.2, 0) is 4.79 Å². The third-order valence-electron chi connectivity index (χ3n) is 2.19. The molecule has 98 valence electrons. The van der Waals surface area contributed by atoms with E-state index >= 15 is 0 Å². The molecule has 3 N–H and O–H groups in total. The number of aliphatic hydroxyl groups is 1. The van der Waals surface area contributed by atoms with Crippen molar-refractivity contribution < 1.29 is 19.8 Å². The maximum absolute atomic E-state index is 11.8. The van der Waals surface area contributed by atoms with Gasteiger partial charge in [0, 0.05) is 17.5 Å². The zero-order valence-electron chi connectivity index (χ0n) is 9.19. The van der Waals surface area contributed by atoms with Gasteiger partial charge >= 0.3 is 5.97 Å². The van der Waals surface area contributed by atoms with E-state index in [9.17, 15) is 9.59 Å². The fourth-order valence-electron chi connectivity index (χ4n) is 1.29. The number of amides is 1. The van der Waals surface area contributed by atoms with E-state index < -0.39 is 17.9 Å². The van der Waals surface area contributed by atoms with E-state index in [1.54, 1.807) is 6.07 Å². The third kappa shape index (κ3) is 3.97. The number of hydrogen-bond donors (Lipinski definition) is 3. The second kappa shape index (κ2) is 6.72. The molecular formula is C11H11BrClNO4. The Morgan fingerprint density at radius 2 is 2.11 bits per heavy atom. The van der Waals surface area contributed by atoms with Gasteiger partial charge in [-0.3, -0.25) is 4.79 Å². The van der Waals surface area contributed by atoms with Gasteiger partial charge in [-0.15, -0.1) is 0 Å². The lowest BCUT2D eigenvalue weighted by molar-refractivity contribution is -0.139. The predicted octanol–water partition coefficient (Wildman–Crippen LogP) is 1.67.